The van der Waals surface area contributed by atoms with E-state index in [1.165, 1.54) is 0 Å². The summed E-state index contributed by atoms with van der Waals surface area (Å²) in [6.45, 7) is 2.02. The molecule has 0 spiro atoms. The molecule has 0 aliphatic rings. The van der Waals surface area contributed by atoms with Gasteiger partial charge in [0, 0.05) is 0 Å². The van der Waals surface area contributed by atoms with Gasteiger partial charge in [-0.2, -0.15) is 0 Å². The highest BCUT2D eigenvalue weighted by Gasteiger charge is 2.09. The number of methoxy groups -OCH3 is 1. The summed E-state index contributed by atoms with van der Waals surface area (Å²) in [6, 6.07) is 9.78. The summed E-state index contributed by atoms with van der Waals surface area (Å²) in [6.07, 6.45) is 1.69. The topological polar surface area (TPSA) is 22.4 Å². The lowest BCUT2D eigenvalue weighted by molar-refractivity contribution is 0.414. The smallest absolute Gasteiger partial charge is 0.140 e. The molecule has 0 atom stereocenters. The molecule has 1 aromatic carbocycles. The van der Waals surface area contributed by atoms with E-state index in [2.05, 4.69) is 0 Å². The minimum atomic E-state index is 0.838. The maximum atomic E-state index is 5.41. The van der Waals surface area contributed by atoms with E-state index >= 15 is 0 Å². The molecular weight excluding hydrogens is 176 g/mol. The van der Waals surface area contributed by atoms with Crippen LogP contribution in [0.4, 0.5) is 0 Å². The molecule has 0 aliphatic carbocycles. The number of rotatable bonds is 2. The molecule has 0 N–H and O–H groups in total. The Bertz CT molecular complexity index is 429. The molecule has 1 aromatic heterocycles. The lowest BCUT2D eigenvalue weighted by atomic mass is 10.1. The predicted octanol–water partition coefficient (Wildman–Crippen LogP) is 3.26. The number of para-hydroxylation sites is 1. The average molecular weight is 188 g/mol. The van der Waals surface area contributed by atoms with Crippen LogP contribution in [0.25, 0.3) is 11.3 Å². The van der Waals surface area contributed by atoms with Gasteiger partial charge in [0.1, 0.15) is 11.5 Å². The van der Waals surface area contributed by atoms with Crippen molar-refractivity contribution < 1.29 is 9.15 Å². The minimum Gasteiger partial charge on any atom is -0.496 e. The molecule has 72 valence electrons. The van der Waals surface area contributed by atoms with Gasteiger partial charge in [0.2, 0.25) is 0 Å². The van der Waals surface area contributed by atoms with Crippen LogP contribution in [0.3, 0.4) is 0 Å². The van der Waals surface area contributed by atoms with Gasteiger partial charge in [0.05, 0.1) is 18.9 Å². The van der Waals surface area contributed by atoms with Crippen LogP contribution in [0.5, 0.6) is 5.75 Å². The summed E-state index contributed by atoms with van der Waals surface area (Å²) >= 11 is 0. The molecule has 14 heavy (non-hydrogen) atoms. The lowest BCUT2D eigenvalue weighted by Crippen LogP contribution is -1.86. The summed E-state index contributed by atoms with van der Waals surface area (Å²) in [4.78, 5) is 0. The van der Waals surface area contributed by atoms with E-state index in [0.717, 1.165) is 22.6 Å². The van der Waals surface area contributed by atoms with E-state index in [-0.39, 0.29) is 0 Å². The summed E-state index contributed by atoms with van der Waals surface area (Å²) < 4.78 is 10.7. The third kappa shape index (κ3) is 1.39. The second kappa shape index (κ2) is 3.58. The van der Waals surface area contributed by atoms with Crippen LogP contribution in [0, 0.1) is 6.92 Å². The second-order valence-electron chi connectivity index (χ2n) is 3.13. The van der Waals surface area contributed by atoms with Crippen molar-refractivity contribution in [3.63, 3.8) is 0 Å². The van der Waals surface area contributed by atoms with E-state index in [1.807, 2.05) is 37.3 Å². The molecule has 0 unspecified atom stereocenters. The highest BCUT2D eigenvalue weighted by Crippen LogP contribution is 2.32. The van der Waals surface area contributed by atoms with E-state index in [1.54, 1.807) is 13.4 Å². The number of hydrogen-bond donors (Lipinski definition) is 0. The van der Waals surface area contributed by atoms with Gasteiger partial charge in [-0.1, -0.05) is 12.1 Å². The van der Waals surface area contributed by atoms with Gasteiger partial charge in [-0.15, -0.1) is 0 Å². The summed E-state index contributed by atoms with van der Waals surface area (Å²) in [5.41, 5.74) is 2.12. The molecule has 2 aromatic rings. The molecule has 0 bridgehead atoms. The van der Waals surface area contributed by atoms with Crippen molar-refractivity contribution in [3.8, 4) is 17.1 Å². The maximum absolute atomic E-state index is 5.41. The van der Waals surface area contributed by atoms with Crippen molar-refractivity contribution in [2.75, 3.05) is 7.11 Å². The first-order valence-electron chi connectivity index (χ1n) is 4.50. The molecule has 1 heterocycles. The van der Waals surface area contributed by atoms with Crippen molar-refractivity contribution in [1.29, 1.82) is 0 Å². The summed E-state index contributed by atoms with van der Waals surface area (Å²) in [5.74, 6) is 1.72. The van der Waals surface area contributed by atoms with Crippen LogP contribution in [0.1, 0.15) is 5.56 Å². The van der Waals surface area contributed by atoms with Crippen LogP contribution in [-0.2, 0) is 0 Å². The Balaban J connectivity index is 2.56. The quantitative estimate of drug-likeness (QED) is 0.721. The number of furan rings is 1. The zero-order chi connectivity index (χ0) is 9.97. The Morgan fingerprint density at radius 3 is 2.57 bits per heavy atom. The fraction of sp³-hybridized carbons (Fsp3) is 0.167. The van der Waals surface area contributed by atoms with Crippen molar-refractivity contribution in [2.24, 2.45) is 0 Å². The van der Waals surface area contributed by atoms with Gasteiger partial charge in [0.15, 0.2) is 0 Å². The van der Waals surface area contributed by atoms with Crippen LogP contribution >= 0.6 is 0 Å². The average Bonchev–Trinajstić information content (AvgIpc) is 2.64. The van der Waals surface area contributed by atoms with Gasteiger partial charge >= 0.3 is 0 Å². The van der Waals surface area contributed by atoms with Crippen LogP contribution in [0.15, 0.2) is 41.0 Å². The highest BCUT2D eigenvalue weighted by molar-refractivity contribution is 5.68. The maximum Gasteiger partial charge on any atom is 0.140 e. The molecule has 2 rings (SSSR count). The van der Waals surface area contributed by atoms with E-state index in [4.69, 9.17) is 9.15 Å². The van der Waals surface area contributed by atoms with E-state index < -0.39 is 0 Å². The molecule has 2 heteroatoms. The zero-order valence-corrected chi connectivity index (χ0v) is 8.28. The molecule has 0 amide bonds. The second-order valence-corrected chi connectivity index (χ2v) is 3.13. The zero-order valence-electron chi connectivity index (χ0n) is 8.28. The Kier molecular flexibility index (Phi) is 2.27. The number of ether oxygens (including phenoxy) is 1. The first kappa shape index (κ1) is 8.88. The largest absolute Gasteiger partial charge is 0.496 e. The van der Waals surface area contributed by atoms with Gasteiger partial charge < -0.3 is 9.15 Å². The predicted molar refractivity (Wildman–Crippen MR) is 55.4 cm³/mol. The Labute approximate surface area is 83.1 Å². The monoisotopic (exact) mass is 188 g/mol. The third-order valence-corrected chi connectivity index (χ3v) is 2.21. The number of aryl methyl sites for hydroxylation is 1. The highest BCUT2D eigenvalue weighted by atomic mass is 16.5. The molecule has 0 fully saturated rings. The van der Waals surface area contributed by atoms with Crippen LogP contribution in [0.2, 0.25) is 0 Å². The molecular formula is C12H12O2. The Hall–Kier alpha value is -1.70. The van der Waals surface area contributed by atoms with E-state index in [0.29, 0.717) is 0 Å². The van der Waals surface area contributed by atoms with Crippen molar-refractivity contribution >= 4 is 0 Å². The molecule has 2 nitrogen and oxygen atoms in total. The van der Waals surface area contributed by atoms with Crippen molar-refractivity contribution in [2.45, 2.75) is 6.92 Å². The fourth-order valence-corrected chi connectivity index (χ4v) is 1.48. The van der Waals surface area contributed by atoms with Crippen molar-refractivity contribution in [1.82, 2.24) is 0 Å². The van der Waals surface area contributed by atoms with Gasteiger partial charge in [-0.25, -0.2) is 0 Å². The first-order valence-corrected chi connectivity index (χ1v) is 4.50. The minimum absolute atomic E-state index is 0.838. The molecule has 0 radical (unpaired) electrons. The molecule has 0 saturated carbocycles. The van der Waals surface area contributed by atoms with Crippen molar-refractivity contribution in [3.05, 3.63) is 42.2 Å². The molecule has 0 aliphatic heterocycles. The summed E-state index contributed by atoms with van der Waals surface area (Å²) in [7, 11) is 1.66. The van der Waals surface area contributed by atoms with Gasteiger partial charge in [0.25, 0.3) is 0 Å². The van der Waals surface area contributed by atoms with Gasteiger partial charge in [-0.05, 0) is 30.7 Å². The summed E-state index contributed by atoms with van der Waals surface area (Å²) in [5, 5.41) is 0. The fourth-order valence-electron chi connectivity index (χ4n) is 1.48. The standard InChI is InChI=1S/C12H12O2/c1-9-7-8-14-12(9)10-5-3-4-6-11(10)13-2/h3-8H,1-2H3. The molecule has 0 saturated heterocycles. The first-order chi connectivity index (χ1) is 6.83. The lowest BCUT2D eigenvalue weighted by Gasteiger charge is -2.05. The van der Waals surface area contributed by atoms with E-state index in [9.17, 15) is 0 Å². The SMILES string of the molecule is COc1ccccc1-c1occc1C. The van der Waals surface area contributed by atoms with Gasteiger partial charge in [-0.3, -0.25) is 0 Å². The normalized spacial score (nSPS) is 10.1. The number of hydrogen-bond acceptors (Lipinski definition) is 2. The van der Waals surface area contributed by atoms with Crippen LogP contribution in [-0.4, -0.2) is 7.11 Å². The Morgan fingerprint density at radius 1 is 1.14 bits per heavy atom. The number of benzene rings is 1. The third-order valence-electron chi connectivity index (χ3n) is 2.21. The Morgan fingerprint density at radius 2 is 1.93 bits per heavy atom. The van der Waals surface area contributed by atoms with Crippen LogP contribution < -0.4 is 4.74 Å².